The molecule has 3 aromatic carbocycles. The van der Waals surface area contributed by atoms with E-state index in [4.69, 9.17) is 4.43 Å². The highest BCUT2D eigenvalue weighted by Crippen LogP contribution is 2.55. The van der Waals surface area contributed by atoms with Crippen LogP contribution < -0.4 is 4.43 Å². The molecule has 0 heterocycles. The highest BCUT2D eigenvalue weighted by Gasteiger charge is 2.46. The molecule has 0 fully saturated rings. The van der Waals surface area contributed by atoms with Crippen LogP contribution in [0.5, 0.6) is 5.75 Å². The molecule has 0 N–H and O–H groups in total. The number of hydrogen-bond donors (Lipinski definition) is 0. The molecule has 1 aliphatic rings. The fraction of sp³-hybridized carbons (Fsp3) is 0.267. The van der Waals surface area contributed by atoms with E-state index in [1.165, 1.54) is 39.0 Å². The molecule has 0 bridgehead atoms. The average Bonchev–Trinajstić information content (AvgIpc) is 3.00. The lowest BCUT2D eigenvalue weighted by molar-refractivity contribution is 0.542. The van der Waals surface area contributed by atoms with E-state index in [0.29, 0.717) is 5.92 Å². The van der Waals surface area contributed by atoms with Crippen molar-refractivity contribution in [3.8, 4) is 5.75 Å². The van der Waals surface area contributed by atoms with Crippen LogP contribution in [0.3, 0.4) is 0 Å². The van der Waals surface area contributed by atoms with E-state index in [-0.39, 0.29) is 0 Å². The van der Waals surface area contributed by atoms with Crippen molar-refractivity contribution >= 4 is 9.04 Å². The van der Waals surface area contributed by atoms with Gasteiger partial charge in [-0.1, -0.05) is 91.4 Å². The number of benzene rings is 3. The van der Waals surface area contributed by atoms with Crippen molar-refractivity contribution in [2.45, 2.75) is 46.2 Å². The molecule has 32 heavy (non-hydrogen) atoms. The molecule has 0 aliphatic heterocycles. The molecule has 0 spiro atoms. The van der Waals surface area contributed by atoms with Gasteiger partial charge < -0.3 is 4.43 Å². The Labute approximate surface area is 195 Å². The number of allylic oxidation sites excluding steroid dienone is 4. The first-order valence-corrected chi connectivity index (χ1v) is 14.4. The van der Waals surface area contributed by atoms with Crippen LogP contribution in [0.1, 0.15) is 44.4 Å². The van der Waals surface area contributed by atoms with Crippen LogP contribution in [-0.4, -0.2) is 9.04 Å². The van der Waals surface area contributed by atoms with Gasteiger partial charge in [-0.25, -0.2) is 0 Å². The maximum Gasteiger partial charge on any atom is 0.229 e. The zero-order valence-corrected chi connectivity index (χ0v) is 21.3. The summed E-state index contributed by atoms with van der Waals surface area (Å²) < 4.78 is 6.58. The van der Waals surface area contributed by atoms with E-state index in [1.54, 1.807) is 0 Å². The predicted octanol–water partition coefficient (Wildman–Crippen LogP) is 7.69. The zero-order chi connectivity index (χ0) is 22.9. The van der Waals surface area contributed by atoms with Crippen molar-refractivity contribution in [1.82, 2.24) is 0 Å². The summed E-state index contributed by atoms with van der Waals surface area (Å²) in [4.78, 5) is 0. The summed E-state index contributed by atoms with van der Waals surface area (Å²) in [5.41, 5.74) is 9.14. The minimum absolute atomic E-state index is 0.347. The van der Waals surface area contributed by atoms with Gasteiger partial charge >= 0.3 is 0 Å². The fourth-order valence-electron chi connectivity index (χ4n) is 5.41. The number of para-hydroxylation sites is 1. The van der Waals surface area contributed by atoms with Gasteiger partial charge in [0.05, 0.1) is 5.41 Å². The summed E-state index contributed by atoms with van der Waals surface area (Å²) in [5.74, 6) is 1.36. The second kappa shape index (κ2) is 8.95. The summed E-state index contributed by atoms with van der Waals surface area (Å²) in [7, 11) is -1.30. The van der Waals surface area contributed by atoms with Gasteiger partial charge in [0.15, 0.2) is 0 Å². The minimum atomic E-state index is -1.30. The molecule has 1 aliphatic carbocycles. The van der Waals surface area contributed by atoms with Crippen LogP contribution in [0, 0.1) is 5.92 Å². The van der Waals surface area contributed by atoms with Gasteiger partial charge in [-0.2, -0.15) is 0 Å². The lowest BCUT2D eigenvalue weighted by Gasteiger charge is -2.41. The van der Waals surface area contributed by atoms with E-state index in [2.05, 4.69) is 126 Å². The van der Waals surface area contributed by atoms with Crippen LogP contribution in [0.25, 0.3) is 0 Å². The maximum atomic E-state index is 6.58. The van der Waals surface area contributed by atoms with Crippen molar-refractivity contribution in [2.24, 2.45) is 5.92 Å². The number of rotatable bonds is 6. The first-order chi connectivity index (χ1) is 15.4. The van der Waals surface area contributed by atoms with Crippen LogP contribution in [0.2, 0.25) is 13.1 Å². The zero-order valence-electron chi connectivity index (χ0n) is 20.1. The van der Waals surface area contributed by atoms with Gasteiger partial charge in [0.2, 0.25) is 9.04 Å². The third-order valence-corrected chi connectivity index (χ3v) is 7.84. The predicted molar refractivity (Wildman–Crippen MR) is 139 cm³/mol. The smallest absolute Gasteiger partial charge is 0.229 e. The Bertz CT molecular complexity index is 1120. The second-order valence-electron chi connectivity index (χ2n) is 9.21. The van der Waals surface area contributed by atoms with Gasteiger partial charge in [0.1, 0.15) is 5.75 Å². The molecular formula is C30H34OSi. The van der Waals surface area contributed by atoms with Crippen molar-refractivity contribution in [3.63, 3.8) is 0 Å². The first-order valence-electron chi connectivity index (χ1n) is 11.6. The van der Waals surface area contributed by atoms with Crippen molar-refractivity contribution < 1.29 is 4.43 Å². The molecule has 0 aromatic heterocycles. The van der Waals surface area contributed by atoms with Gasteiger partial charge in [-0.05, 0) is 67.8 Å². The summed E-state index contributed by atoms with van der Waals surface area (Å²) >= 11 is 0. The molecule has 0 saturated heterocycles. The fourth-order valence-corrected chi connectivity index (χ4v) is 6.13. The van der Waals surface area contributed by atoms with Crippen molar-refractivity contribution in [1.29, 1.82) is 0 Å². The standard InChI is InChI=1S/C30H34OSi/c1-21-22(2)24(4)29(23(21)3)30(25-15-9-7-10-16-25,26-17-11-8-12-18-26)27-19-13-14-20-28(27)31-32(5)6/h7-20,23,32H,1-6H3. The Balaban J connectivity index is 2.18. The Morgan fingerprint density at radius 3 is 1.66 bits per heavy atom. The molecule has 4 rings (SSSR count). The Hall–Kier alpha value is -2.84. The van der Waals surface area contributed by atoms with E-state index < -0.39 is 14.5 Å². The molecular weight excluding hydrogens is 404 g/mol. The third kappa shape index (κ3) is 3.57. The highest BCUT2D eigenvalue weighted by atomic mass is 28.3. The van der Waals surface area contributed by atoms with Gasteiger partial charge in [-0.15, -0.1) is 0 Å². The van der Waals surface area contributed by atoms with Crippen LogP contribution in [0.15, 0.2) is 107 Å². The van der Waals surface area contributed by atoms with Crippen molar-refractivity contribution in [3.05, 3.63) is 124 Å². The maximum absolute atomic E-state index is 6.58. The average molecular weight is 439 g/mol. The normalized spacial score (nSPS) is 16.8. The van der Waals surface area contributed by atoms with E-state index in [0.717, 1.165) is 5.75 Å². The lowest BCUT2D eigenvalue weighted by atomic mass is 9.61. The SMILES string of the molecule is CC1=C(C)C(C)C(C(c2ccccc2)(c2ccccc2)c2ccccc2O[SiH](C)C)=C1C. The monoisotopic (exact) mass is 438 g/mol. The molecule has 2 heteroatoms. The molecule has 164 valence electrons. The highest BCUT2D eigenvalue weighted by molar-refractivity contribution is 6.49. The van der Waals surface area contributed by atoms with E-state index in [1.807, 2.05) is 0 Å². The molecule has 0 radical (unpaired) electrons. The topological polar surface area (TPSA) is 9.23 Å². The Kier molecular flexibility index (Phi) is 6.26. The molecule has 0 amide bonds. The molecule has 1 unspecified atom stereocenters. The third-order valence-electron chi connectivity index (χ3n) is 7.11. The second-order valence-corrected chi connectivity index (χ2v) is 11.5. The molecule has 1 atom stereocenters. The van der Waals surface area contributed by atoms with Crippen LogP contribution in [0.4, 0.5) is 0 Å². The van der Waals surface area contributed by atoms with Crippen LogP contribution >= 0.6 is 0 Å². The first kappa shape index (κ1) is 22.4. The minimum Gasteiger partial charge on any atom is -0.547 e. The number of hydrogen-bond acceptors (Lipinski definition) is 1. The summed E-state index contributed by atoms with van der Waals surface area (Å²) in [6.45, 7) is 13.7. The van der Waals surface area contributed by atoms with E-state index in [9.17, 15) is 0 Å². The quantitative estimate of drug-likeness (QED) is 0.283. The van der Waals surface area contributed by atoms with Gasteiger partial charge in [0.25, 0.3) is 0 Å². The Morgan fingerprint density at radius 1 is 0.688 bits per heavy atom. The van der Waals surface area contributed by atoms with Gasteiger partial charge in [-0.3, -0.25) is 0 Å². The van der Waals surface area contributed by atoms with E-state index >= 15 is 0 Å². The summed E-state index contributed by atoms with van der Waals surface area (Å²) in [6, 6.07) is 30.7. The lowest BCUT2D eigenvalue weighted by Crippen LogP contribution is -2.35. The summed E-state index contributed by atoms with van der Waals surface area (Å²) in [6.07, 6.45) is 0. The van der Waals surface area contributed by atoms with Crippen molar-refractivity contribution in [2.75, 3.05) is 0 Å². The van der Waals surface area contributed by atoms with Gasteiger partial charge in [0, 0.05) is 11.5 Å². The molecule has 3 aromatic rings. The van der Waals surface area contributed by atoms with Crippen LogP contribution in [-0.2, 0) is 5.41 Å². The largest absolute Gasteiger partial charge is 0.547 e. The summed E-state index contributed by atoms with van der Waals surface area (Å²) in [5, 5.41) is 0. The molecule has 0 saturated carbocycles. The Morgan fingerprint density at radius 2 is 1.19 bits per heavy atom. The molecule has 1 nitrogen and oxygen atoms in total.